The van der Waals surface area contributed by atoms with Crippen molar-refractivity contribution >= 4 is 53.0 Å². The highest BCUT2D eigenvalue weighted by atomic mass is 35.5. The zero-order valence-corrected chi connectivity index (χ0v) is 31.1. The van der Waals surface area contributed by atoms with Crippen LogP contribution in [0.3, 0.4) is 0 Å². The highest BCUT2D eigenvalue weighted by Crippen LogP contribution is 2.20. The van der Waals surface area contributed by atoms with Gasteiger partial charge in [0, 0.05) is 71.6 Å². The number of ketones is 1. The first kappa shape index (κ1) is 49.7. The lowest BCUT2D eigenvalue weighted by atomic mass is 10.1. The van der Waals surface area contributed by atoms with Gasteiger partial charge in [-0.25, -0.2) is 9.59 Å². The molecule has 0 spiro atoms. The van der Waals surface area contributed by atoms with Crippen LogP contribution in [0.25, 0.3) is 0 Å². The van der Waals surface area contributed by atoms with E-state index in [-0.39, 0.29) is 57.2 Å². The van der Waals surface area contributed by atoms with Gasteiger partial charge in [0.25, 0.3) is 10.2 Å². The Morgan fingerprint density at radius 1 is 0.735 bits per heavy atom. The minimum absolute atomic E-state index is 0. The molecule has 15 nitrogen and oxygen atoms in total. The highest BCUT2D eigenvalue weighted by Gasteiger charge is 2.33. The summed E-state index contributed by atoms with van der Waals surface area (Å²) in [5.74, 6) is 0.0841. The van der Waals surface area contributed by atoms with E-state index in [0.717, 1.165) is 28.5 Å². The molecule has 4 rings (SSSR count). The molecule has 0 unspecified atom stereocenters. The van der Waals surface area contributed by atoms with E-state index in [1.165, 1.54) is 41.0 Å². The molecule has 1 N–H and O–H groups in total. The summed E-state index contributed by atoms with van der Waals surface area (Å²) in [5.41, 5.74) is 2.11. The maximum Gasteiger partial charge on any atom is 0.411 e. The number of allylic oxidation sites excluding steroid dienone is 3. The van der Waals surface area contributed by atoms with Crippen LogP contribution in [0, 0.1) is 34.0 Å². The second kappa shape index (κ2) is 22.1. The number of ether oxygens (including phenoxy) is 2. The molecule has 49 heavy (non-hydrogen) atoms. The number of hydrogen-bond acceptors (Lipinski definition) is 11. The molecule has 4 saturated heterocycles. The average molecular weight is 750 g/mol. The van der Waals surface area contributed by atoms with Crippen molar-refractivity contribution in [2.45, 2.75) is 60.2 Å². The number of halogens is 2. The van der Waals surface area contributed by atoms with Crippen molar-refractivity contribution in [3.8, 4) is 18.2 Å². The summed E-state index contributed by atoms with van der Waals surface area (Å²) < 4.78 is 35.5. The average Bonchev–Trinajstić information content (AvgIpc) is 2.82. The van der Waals surface area contributed by atoms with Gasteiger partial charge in [0.2, 0.25) is 0 Å². The Morgan fingerprint density at radius 2 is 1.08 bits per heavy atom. The summed E-state index contributed by atoms with van der Waals surface area (Å²) in [6, 6.07) is 5.78. The SMILES string of the molecule is C.CC(C)(C)OC(=O)N1CC(=CC#N)C1.CC(C)(C)OC(=O)N1CC(=O)C1.CN(C)S(=O)(=O)N1CC(=CC#N)C1.Cl.Cl.N#CC=C1CNC1. The number of hydrogen-bond donors (Lipinski definition) is 1. The topological polar surface area (TPSA) is 200 Å². The van der Waals surface area contributed by atoms with Crippen LogP contribution in [-0.2, 0) is 24.5 Å². The fraction of sp³-hybridized carbons (Fsp3) is 0.613. The number of nitrogens with one attached hydrogen (secondary N) is 1. The molecule has 0 aromatic heterocycles. The number of nitriles is 3. The third-order valence-electron chi connectivity index (χ3n) is 5.88. The van der Waals surface area contributed by atoms with Gasteiger partial charge < -0.3 is 19.7 Å². The van der Waals surface area contributed by atoms with Gasteiger partial charge in [-0.05, 0) is 58.3 Å². The number of carbonyl (C=O) groups is 3. The van der Waals surface area contributed by atoms with Gasteiger partial charge in [0.1, 0.15) is 11.2 Å². The van der Waals surface area contributed by atoms with Crippen molar-refractivity contribution in [1.82, 2.24) is 23.7 Å². The molecule has 4 aliphatic rings. The third kappa shape index (κ3) is 18.6. The van der Waals surface area contributed by atoms with Crippen LogP contribution in [0.15, 0.2) is 34.9 Å². The summed E-state index contributed by atoms with van der Waals surface area (Å²) in [6.45, 7) is 14.8. The summed E-state index contributed by atoms with van der Waals surface area (Å²) in [6.07, 6.45) is 3.74. The number of likely N-dealkylation sites (tertiary alicyclic amines) is 2. The number of rotatable bonds is 2. The van der Waals surface area contributed by atoms with Gasteiger partial charge >= 0.3 is 12.2 Å². The van der Waals surface area contributed by atoms with E-state index in [9.17, 15) is 22.8 Å². The maximum atomic E-state index is 11.4. The molecule has 0 aromatic rings. The standard InChI is InChI=1S/C10H14N2O2.C8H13NO3.C7H11N3O2S.C5H6N2.CH4.2ClH/c1-10(2,3)14-9(13)12-6-8(7-12)4-5-11;1-8(2,3)12-7(11)9-4-6(10)5-9;1-9(2)13(11,12)10-5-7(6-10)3-4-8;6-2-1-5-3-7-4-5;;;/h4H,6-7H2,1-3H3;4-5H2,1-3H3;3H,5-6H2,1-2H3;1,7H,3-4H2;1H4;2*1H. The Hall–Kier alpha value is -3.69. The van der Waals surface area contributed by atoms with Gasteiger partial charge in [-0.15, -0.1) is 24.8 Å². The smallest absolute Gasteiger partial charge is 0.411 e. The van der Waals surface area contributed by atoms with Crippen molar-refractivity contribution in [2.24, 2.45) is 0 Å². The van der Waals surface area contributed by atoms with Crippen LogP contribution in [0.4, 0.5) is 9.59 Å². The molecule has 0 atom stereocenters. The molecular formula is C31H50Cl2N8O7S. The quantitative estimate of drug-likeness (QED) is 0.405. The van der Waals surface area contributed by atoms with Crippen LogP contribution in [0.2, 0.25) is 0 Å². The first-order chi connectivity index (χ1) is 21.2. The molecule has 18 heteroatoms. The number of amides is 2. The minimum Gasteiger partial charge on any atom is -0.444 e. The van der Waals surface area contributed by atoms with Gasteiger partial charge in [-0.2, -0.15) is 32.8 Å². The van der Waals surface area contributed by atoms with Crippen LogP contribution in [-0.4, -0.2) is 122 Å². The molecule has 4 fully saturated rings. The second-order valence-electron chi connectivity index (χ2n) is 12.7. The van der Waals surface area contributed by atoms with Gasteiger partial charge in [0.15, 0.2) is 5.78 Å². The molecule has 0 radical (unpaired) electrons. The van der Waals surface area contributed by atoms with E-state index in [2.05, 4.69) is 5.32 Å². The van der Waals surface area contributed by atoms with E-state index in [1.807, 2.05) is 39.0 Å². The van der Waals surface area contributed by atoms with Crippen molar-refractivity contribution in [2.75, 3.05) is 66.5 Å². The Labute approximate surface area is 303 Å². The number of nitrogens with zero attached hydrogens (tertiary/aromatic N) is 7. The van der Waals surface area contributed by atoms with Gasteiger partial charge in [0.05, 0.1) is 31.3 Å². The summed E-state index contributed by atoms with van der Waals surface area (Å²) in [7, 11) is -0.300. The van der Waals surface area contributed by atoms with Crippen LogP contribution in [0.1, 0.15) is 49.0 Å². The lowest BCUT2D eigenvalue weighted by Crippen LogP contribution is -2.52. The van der Waals surface area contributed by atoms with Crippen molar-refractivity contribution in [3.63, 3.8) is 0 Å². The van der Waals surface area contributed by atoms with Gasteiger partial charge in [-0.1, -0.05) is 7.43 Å². The normalized spacial score (nSPS) is 16.0. The fourth-order valence-corrected chi connectivity index (χ4v) is 4.48. The van der Waals surface area contributed by atoms with Crippen LogP contribution < -0.4 is 5.32 Å². The minimum atomic E-state index is -3.27. The zero-order chi connectivity index (χ0) is 35.3. The second-order valence-corrected chi connectivity index (χ2v) is 14.8. The van der Waals surface area contributed by atoms with E-state index in [1.54, 1.807) is 31.7 Å². The lowest BCUT2D eigenvalue weighted by molar-refractivity contribution is -0.128. The molecule has 0 aliphatic carbocycles. The molecular weight excluding hydrogens is 699 g/mol. The first-order valence-corrected chi connectivity index (χ1v) is 15.7. The first-order valence-electron chi connectivity index (χ1n) is 14.3. The number of Topliss-reactive ketones (excluding diaryl/α,β-unsaturated/α-hetero) is 1. The number of carbonyl (C=O) groups excluding carboxylic acids is 3. The molecule has 0 bridgehead atoms. The van der Waals surface area contributed by atoms with Crippen LogP contribution >= 0.6 is 24.8 Å². The molecule has 4 aliphatic heterocycles. The Kier molecular flexibility index (Phi) is 22.4. The van der Waals surface area contributed by atoms with Gasteiger partial charge in [-0.3, -0.25) is 9.69 Å². The lowest BCUT2D eigenvalue weighted by Gasteiger charge is -2.34. The Bertz CT molecular complexity index is 1430. The predicted molar refractivity (Wildman–Crippen MR) is 190 cm³/mol. The summed E-state index contributed by atoms with van der Waals surface area (Å²) >= 11 is 0. The highest BCUT2D eigenvalue weighted by molar-refractivity contribution is 7.86. The molecule has 276 valence electrons. The molecule has 0 saturated carbocycles. The molecule has 4 heterocycles. The largest absolute Gasteiger partial charge is 0.444 e. The Balaban J connectivity index is -0.000000576. The summed E-state index contributed by atoms with van der Waals surface area (Å²) in [4.78, 5) is 36.0. The van der Waals surface area contributed by atoms with Crippen molar-refractivity contribution in [3.05, 3.63) is 34.9 Å². The fourth-order valence-electron chi connectivity index (χ4n) is 3.36. The monoisotopic (exact) mass is 748 g/mol. The maximum absolute atomic E-state index is 11.4. The van der Waals surface area contributed by atoms with Crippen LogP contribution in [0.5, 0.6) is 0 Å². The van der Waals surface area contributed by atoms with E-state index in [4.69, 9.17) is 25.3 Å². The van der Waals surface area contributed by atoms with Crippen molar-refractivity contribution < 1.29 is 32.3 Å². The molecule has 0 aromatic carbocycles. The predicted octanol–water partition coefficient (Wildman–Crippen LogP) is 3.57. The molecule has 2 amide bonds. The van der Waals surface area contributed by atoms with E-state index >= 15 is 0 Å². The third-order valence-corrected chi connectivity index (χ3v) is 7.72. The van der Waals surface area contributed by atoms with E-state index in [0.29, 0.717) is 26.2 Å². The summed E-state index contributed by atoms with van der Waals surface area (Å²) in [5, 5.41) is 27.7. The zero-order valence-electron chi connectivity index (χ0n) is 28.6. The van der Waals surface area contributed by atoms with E-state index < -0.39 is 27.5 Å². The Morgan fingerprint density at radius 3 is 1.35 bits per heavy atom. The van der Waals surface area contributed by atoms with Crippen molar-refractivity contribution in [1.29, 1.82) is 15.8 Å².